The van der Waals surface area contributed by atoms with Gasteiger partial charge in [-0.05, 0) is 153 Å². The molecule has 10 atom stereocenters. The number of hydrogen-bond acceptors (Lipinski definition) is 3. The summed E-state index contributed by atoms with van der Waals surface area (Å²) in [5, 5.41) is 13.7. The highest BCUT2D eigenvalue weighted by molar-refractivity contribution is 5.78. The van der Waals surface area contributed by atoms with Crippen LogP contribution >= 0.6 is 0 Å². The summed E-state index contributed by atoms with van der Waals surface area (Å²) >= 11 is 0. The van der Waals surface area contributed by atoms with E-state index in [-0.39, 0.29) is 5.92 Å². The van der Waals surface area contributed by atoms with Gasteiger partial charge in [0.15, 0.2) is 0 Å². The fourth-order valence-corrected chi connectivity index (χ4v) is 13.4. The number of allylic oxidation sites excluding steroid dienone is 4. The zero-order chi connectivity index (χ0) is 30.9. The second-order valence-corrected chi connectivity index (χ2v) is 17.3. The Bertz CT molecular complexity index is 1220. The Kier molecular flexibility index (Phi) is 7.94. The van der Waals surface area contributed by atoms with Crippen molar-refractivity contribution in [2.24, 2.45) is 51.8 Å². The normalized spacial score (nSPS) is 46.8. The number of carboxylic acids is 1. The molecule has 0 bridgehead atoms. The third-order valence-corrected chi connectivity index (χ3v) is 15.9. The van der Waals surface area contributed by atoms with Gasteiger partial charge in [-0.15, -0.1) is 0 Å². The Balaban J connectivity index is 1.07. The molecule has 0 aromatic carbocycles. The lowest BCUT2D eigenvalue weighted by Gasteiger charge is -2.71. The molecule has 0 aromatic heterocycles. The largest absolute Gasteiger partial charge is 0.481 e. The van der Waals surface area contributed by atoms with Crippen LogP contribution in [0.5, 0.6) is 0 Å². The molecule has 0 aromatic rings. The van der Waals surface area contributed by atoms with Gasteiger partial charge in [0.1, 0.15) is 0 Å². The van der Waals surface area contributed by atoms with Gasteiger partial charge in [-0.2, -0.15) is 0 Å². The number of nitrogens with one attached hydrogen (secondary N) is 1. The minimum Gasteiger partial charge on any atom is -0.481 e. The highest BCUT2D eigenvalue weighted by atomic mass is 16.4. The van der Waals surface area contributed by atoms with Gasteiger partial charge in [0, 0.05) is 25.0 Å². The number of carbonyl (C=O) groups is 2. The topological polar surface area (TPSA) is 69.6 Å². The zero-order valence-electron chi connectivity index (χ0n) is 28.3. The van der Waals surface area contributed by atoms with Gasteiger partial charge in [-0.25, -0.2) is 0 Å². The maximum absolute atomic E-state index is 12.1. The molecule has 0 spiro atoms. The Morgan fingerprint density at radius 2 is 1.77 bits per heavy atom. The van der Waals surface area contributed by atoms with Crippen molar-refractivity contribution in [3.63, 3.8) is 0 Å². The summed E-state index contributed by atoms with van der Waals surface area (Å²) in [5.74, 6) is 3.27. The molecule has 7 aliphatic rings. The number of likely N-dealkylation sites (tertiary alicyclic amines) is 1. The van der Waals surface area contributed by atoms with Crippen molar-refractivity contribution in [1.82, 2.24) is 10.2 Å². The van der Waals surface area contributed by atoms with Crippen LogP contribution in [0.2, 0.25) is 0 Å². The van der Waals surface area contributed by atoms with Gasteiger partial charge in [0.05, 0.1) is 5.92 Å². The van der Waals surface area contributed by atoms with Crippen molar-refractivity contribution in [3.05, 3.63) is 23.3 Å². The van der Waals surface area contributed by atoms with Crippen LogP contribution in [-0.2, 0) is 9.59 Å². The number of nitrogens with zero attached hydrogens (tertiary/aromatic N) is 1. The lowest BCUT2D eigenvalue weighted by atomic mass is 9.34. The van der Waals surface area contributed by atoms with E-state index in [2.05, 4.69) is 50.1 Å². The molecule has 244 valence electrons. The van der Waals surface area contributed by atoms with Crippen LogP contribution in [-0.4, -0.2) is 47.1 Å². The number of hydrogen-bond donors (Lipinski definition) is 2. The van der Waals surface area contributed by atoms with Crippen LogP contribution in [0.4, 0.5) is 0 Å². The van der Waals surface area contributed by atoms with E-state index in [1.807, 2.05) is 0 Å². The monoisotopic (exact) mass is 604 g/mol. The molecule has 1 saturated heterocycles. The Morgan fingerprint density at radius 3 is 2.50 bits per heavy atom. The van der Waals surface area contributed by atoms with Crippen LogP contribution in [0.3, 0.4) is 0 Å². The Morgan fingerprint density at radius 1 is 0.932 bits per heavy atom. The highest BCUT2D eigenvalue weighted by Gasteiger charge is 2.68. The molecule has 2 N–H and O–H groups in total. The molecule has 44 heavy (non-hydrogen) atoms. The molecular weight excluding hydrogens is 544 g/mol. The molecule has 1 aliphatic heterocycles. The van der Waals surface area contributed by atoms with Crippen molar-refractivity contribution >= 4 is 11.9 Å². The average Bonchev–Trinajstić information content (AvgIpc) is 3.62. The van der Waals surface area contributed by atoms with E-state index < -0.39 is 5.97 Å². The van der Waals surface area contributed by atoms with Crippen molar-refractivity contribution < 1.29 is 14.7 Å². The van der Waals surface area contributed by atoms with Gasteiger partial charge in [-0.3, -0.25) is 9.59 Å². The summed E-state index contributed by atoms with van der Waals surface area (Å²) in [6.07, 6.45) is 23.8. The summed E-state index contributed by atoms with van der Waals surface area (Å²) in [6.45, 7) is 13.6. The zero-order valence-corrected chi connectivity index (χ0v) is 28.3. The minimum absolute atomic E-state index is 0.195. The summed E-state index contributed by atoms with van der Waals surface area (Å²) in [5.41, 5.74) is 4.53. The second kappa shape index (κ2) is 11.3. The lowest BCUT2D eigenvalue weighted by Crippen LogP contribution is -2.67. The number of aliphatic carboxylic acids is 1. The Labute approximate surface area is 267 Å². The summed E-state index contributed by atoms with van der Waals surface area (Å²) in [6, 6.07) is 0. The van der Waals surface area contributed by atoms with Gasteiger partial charge in [0.25, 0.3) is 0 Å². The van der Waals surface area contributed by atoms with Crippen molar-refractivity contribution in [3.8, 4) is 0 Å². The maximum atomic E-state index is 12.1. The van der Waals surface area contributed by atoms with E-state index in [0.717, 1.165) is 75.4 Å². The van der Waals surface area contributed by atoms with E-state index in [1.165, 1.54) is 69.8 Å². The SMILES string of the molecule is CC1C(C2=CCC(C(=O)O)CC2)=CC[C@@]2(C)C1CC[C@]1(C)C2CCC2C3CCC[C@]3(NCCCN3CCCC3=O)CC[C@]21C. The molecule has 1 heterocycles. The van der Waals surface area contributed by atoms with Gasteiger partial charge >= 0.3 is 5.97 Å². The third kappa shape index (κ3) is 4.62. The van der Waals surface area contributed by atoms with E-state index in [4.69, 9.17) is 0 Å². The van der Waals surface area contributed by atoms with Crippen LogP contribution in [0, 0.1) is 51.8 Å². The summed E-state index contributed by atoms with van der Waals surface area (Å²) in [4.78, 5) is 25.8. The molecule has 6 unspecified atom stereocenters. The first-order valence-electron chi connectivity index (χ1n) is 18.7. The third-order valence-electron chi connectivity index (χ3n) is 15.9. The molecule has 5 heteroatoms. The maximum Gasteiger partial charge on any atom is 0.306 e. The van der Waals surface area contributed by atoms with Gasteiger partial charge in [-0.1, -0.05) is 46.3 Å². The predicted molar refractivity (Wildman–Crippen MR) is 176 cm³/mol. The molecule has 4 saturated carbocycles. The molecule has 0 radical (unpaired) electrons. The second-order valence-electron chi connectivity index (χ2n) is 17.3. The molecular formula is C39H60N2O3. The fourth-order valence-electron chi connectivity index (χ4n) is 13.4. The van der Waals surface area contributed by atoms with E-state index >= 15 is 0 Å². The van der Waals surface area contributed by atoms with Crippen LogP contribution in [0.1, 0.15) is 130 Å². The molecule has 7 rings (SSSR count). The molecule has 5 nitrogen and oxygen atoms in total. The first-order valence-corrected chi connectivity index (χ1v) is 18.7. The van der Waals surface area contributed by atoms with Gasteiger partial charge in [0.2, 0.25) is 5.91 Å². The van der Waals surface area contributed by atoms with Crippen molar-refractivity contribution in [2.45, 2.75) is 136 Å². The van der Waals surface area contributed by atoms with E-state index in [1.54, 1.807) is 5.57 Å². The summed E-state index contributed by atoms with van der Waals surface area (Å²) < 4.78 is 0. The number of rotatable bonds is 7. The number of carbonyl (C=O) groups excluding carboxylic acids is 1. The molecule has 6 aliphatic carbocycles. The van der Waals surface area contributed by atoms with Crippen LogP contribution < -0.4 is 5.32 Å². The van der Waals surface area contributed by atoms with Gasteiger partial charge < -0.3 is 15.3 Å². The quantitative estimate of drug-likeness (QED) is 0.288. The number of carboxylic acid groups (broad SMARTS) is 1. The van der Waals surface area contributed by atoms with E-state index in [9.17, 15) is 14.7 Å². The summed E-state index contributed by atoms with van der Waals surface area (Å²) in [7, 11) is 0. The van der Waals surface area contributed by atoms with Crippen LogP contribution in [0.15, 0.2) is 23.3 Å². The average molecular weight is 605 g/mol. The standard InChI is InChI=1S/C39H60N2O3/c1-26-29(27-10-12-28(13-11-27)35(43)44)16-19-36(2)30(26)17-20-38(4)33(36)15-14-31-32-8-5-18-39(32,22-21-37(31,38)3)40-23-7-25-41-24-6-9-34(41)42/h10,16,26,28,30-33,40H,5-9,11-15,17-25H2,1-4H3,(H,43,44)/t26?,28?,30?,31?,32?,33?,36-,37+,38+,39-/m0/s1. The van der Waals surface area contributed by atoms with Crippen molar-refractivity contribution in [2.75, 3.05) is 19.6 Å². The fraction of sp³-hybridized carbons (Fsp3) is 0.846. The first kappa shape index (κ1) is 31.0. The first-order chi connectivity index (χ1) is 21.0. The van der Waals surface area contributed by atoms with Crippen molar-refractivity contribution in [1.29, 1.82) is 0 Å². The van der Waals surface area contributed by atoms with E-state index in [0.29, 0.717) is 40.0 Å². The number of fused-ring (bicyclic) bond motifs is 7. The smallest absolute Gasteiger partial charge is 0.306 e. The lowest BCUT2D eigenvalue weighted by molar-refractivity contribution is -0.212. The van der Waals surface area contributed by atoms with Crippen LogP contribution in [0.25, 0.3) is 0 Å². The number of amides is 1. The predicted octanol–water partition coefficient (Wildman–Crippen LogP) is 8.15. The highest BCUT2D eigenvalue weighted by Crippen LogP contribution is 2.75. The molecule has 5 fully saturated rings. The minimum atomic E-state index is -0.627. The Hall–Kier alpha value is -1.62. The molecule has 1 amide bonds.